The molecule has 1 saturated heterocycles. The van der Waals surface area contributed by atoms with E-state index in [2.05, 4.69) is 5.32 Å². The maximum atomic E-state index is 13.6. The molecule has 1 aliphatic carbocycles. The number of nitrogens with one attached hydrogen (secondary N) is 1. The standard InChI is InChI=1S/C16H20FN3O3/c17-13-6-3-7-14(15(13)20(22)23)18-12-8-9-19(10-12)16(21)11-4-1-2-5-11/h3,6-7,11-12,18H,1-2,4-5,8-10H2. The van der Waals surface area contributed by atoms with Gasteiger partial charge in [-0.25, -0.2) is 0 Å². The first-order chi connectivity index (χ1) is 11.1. The van der Waals surface area contributed by atoms with Crippen molar-refractivity contribution in [2.45, 2.75) is 38.1 Å². The van der Waals surface area contributed by atoms with E-state index >= 15 is 0 Å². The summed E-state index contributed by atoms with van der Waals surface area (Å²) in [4.78, 5) is 24.5. The minimum atomic E-state index is -0.850. The number of amides is 1. The Bertz CT molecular complexity index is 617. The average molecular weight is 321 g/mol. The van der Waals surface area contributed by atoms with Crippen LogP contribution < -0.4 is 5.32 Å². The van der Waals surface area contributed by atoms with Crippen LogP contribution in [0, 0.1) is 21.8 Å². The van der Waals surface area contributed by atoms with Gasteiger partial charge in [0.1, 0.15) is 5.69 Å². The van der Waals surface area contributed by atoms with Crippen LogP contribution in [-0.2, 0) is 4.79 Å². The highest BCUT2D eigenvalue weighted by atomic mass is 19.1. The Morgan fingerprint density at radius 1 is 1.30 bits per heavy atom. The Morgan fingerprint density at radius 3 is 2.74 bits per heavy atom. The van der Waals surface area contributed by atoms with Crippen molar-refractivity contribution in [3.63, 3.8) is 0 Å². The van der Waals surface area contributed by atoms with E-state index in [1.54, 1.807) is 0 Å². The maximum absolute atomic E-state index is 13.6. The van der Waals surface area contributed by atoms with E-state index in [1.165, 1.54) is 12.1 Å². The molecule has 0 aromatic heterocycles. The fourth-order valence-corrected chi connectivity index (χ4v) is 3.55. The second kappa shape index (κ2) is 6.52. The third kappa shape index (κ3) is 3.28. The number of halogens is 1. The summed E-state index contributed by atoms with van der Waals surface area (Å²) in [5, 5.41) is 14.1. The molecule has 1 aromatic carbocycles. The van der Waals surface area contributed by atoms with Gasteiger partial charge < -0.3 is 10.2 Å². The molecule has 1 aromatic rings. The van der Waals surface area contributed by atoms with E-state index in [0.717, 1.165) is 31.7 Å². The van der Waals surface area contributed by atoms with Crippen LogP contribution in [-0.4, -0.2) is 34.9 Å². The van der Waals surface area contributed by atoms with Gasteiger partial charge in [-0.05, 0) is 31.4 Å². The Hall–Kier alpha value is -2.18. The summed E-state index contributed by atoms with van der Waals surface area (Å²) < 4.78 is 13.6. The summed E-state index contributed by atoms with van der Waals surface area (Å²) in [5.41, 5.74) is -0.358. The molecule has 0 radical (unpaired) electrons. The van der Waals surface area contributed by atoms with Crippen LogP contribution in [0.1, 0.15) is 32.1 Å². The zero-order valence-corrected chi connectivity index (χ0v) is 12.8. The number of carbonyl (C=O) groups is 1. The smallest absolute Gasteiger partial charge is 0.327 e. The molecule has 1 amide bonds. The first kappa shape index (κ1) is 15.7. The van der Waals surface area contributed by atoms with Gasteiger partial charge in [-0.3, -0.25) is 14.9 Å². The molecule has 124 valence electrons. The van der Waals surface area contributed by atoms with E-state index in [-0.39, 0.29) is 23.6 Å². The summed E-state index contributed by atoms with van der Waals surface area (Å²) in [5.74, 6) is -0.519. The number of hydrogen-bond donors (Lipinski definition) is 1. The van der Waals surface area contributed by atoms with E-state index in [0.29, 0.717) is 19.5 Å². The van der Waals surface area contributed by atoms with Gasteiger partial charge in [0.05, 0.1) is 4.92 Å². The van der Waals surface area contributed by atoms with Crippen molar-refractivity contribution in [1.82, 2.24) is 4.90 Å². The Kier molecular flexibility index (Phi) is 4.45. The zero-order valence-electron chi connectivity index (χ0n) is 12.8. The fourth-order valence-electron chi connectivity index (χ4n) is 3.55. The predicted octanol–water partition coefficient (Wildman–Crippen LogP) is 2.94. The first-order valence-electron chi connectivity index (χ1n) is 8.04. The van der Waals surface area contributed by atoms with E-state index in [1.807, 2.05) is 4.90 Å². The molecule has 23 heavy (non-hydrogen) atoms. The monoisotopic (exact) mass is 321 g/mol. The van der Waals surface area contributed by atoms with Crippen molar-refractivity contribution in [2.24, 2.45) is 5.92 Å². The highest BCUT2D eigenvalue weighted by molar-refractivity contribution is 5.79. The second-order valence-corrected chi connectivity index (χ2v) is 6.29. The quantitative estimate of drug-likeness (QED) is 0.683. The molecule has 7 heteroatoms. The summed E-state index contributed by atoms with van der Waals surface area (Å²) in [7, 11) is 0. The highest BCUT2D eigenvalue weighted by Gasteiger charge is 2.33. The molecule has 2 aliphatic rings. The number of nitro groups is 1. The van der Waals surface area contributed by atoms with Crippen LogP contribution in [0.15, 0.2) is 18.2 Å². The number of para-hydroxylation sites is 1. The van der Waals surface area contributed by atoms with Crippen LogP contribution in [0.3, 0.4) is 0 Å². The van der Waals surface area contributed by atoms with Crippen molar-refractivity contribution >= 4 is 17.3 Å². The molecule has 1 saturated carbocycles. The molecule has 1 aliphatic heterocycles. The minimum absolute atomic E-state index is 0.0825. The lowest BCUT2D eigenvalue weighted by Gasteiger charge is -2.21. The number of hydrogen-bond acceptors (Lipinski definition) is 4. The van der Waals surface area contributed by atoms with Gasteiger partial charge in [0, 0.05) is 25.0 Å². The first-order valence-corrected chi connectivity index (χ1v) is 8.04. The zero-order chi connectivity index (χ0) is 16.4. The minimum Gasteiger partial charge on any atom is -0.375 e. The van der Waals surface area contributed by atoms with Crippen LogP contribution in [0.2, 0.25) is 0 Å². The lowest BCUT2D eigenvalue weighted by atomic mass is 10.1. The van der Waals surface area contributed by atoms with Gasteiger partial charge >= 0.3 is 5.69 Å². The van der Waals surface area contributed by atoms with Crippen LogP contribution in [0.5, 0.6) is 0 Å². The Labute approximate surface area is 133 Å². The molecule has 1 atom stereocenters. The van der Waals surface area contributed by atoms with Gasteiger partial charge in [0.25, 0.3) is 0 Å². The van der Waals surface area contributed by atoms with Crippen molar-refractivity contribution < 1.29 is 14.1 Å². The van der Waals surface area contributed by atoms with E-state index in [9.17, 15) is 19.3 Å². The molecule has 1 heterocycles. The maximum Gasteiger partial charge on any atom is 0.327 e. The highest BCUT2D eigenvalue weighted by Crippen LogP contribution is 2.31. The van der Waals surface area contributed by atoms with Crippen LogP contribution in [0.4, 0.5) is 15.8 Å². The van der Waals surface area contributed by atoms with Gasteiger partial charge in [-0.2, -0.15) is 4.39 Å². The Balaban J connectivity index is 1.65. The van der Waals surface area contributed by atoms with E-state index < -0.39 is 16.4 Å². The lowest BCUT2D eigenvalue weighted by molar-refractivity contribution is -0.386. The second-order valence-electron chi connectivity index (χ2n) is 6.29. The molecule has 0 bridgehead atoms. The van der Waals surface area contributed by atoms with Crippen molar-refractivity contribution in [3.05, 3.63) is 34.1 Å². The van der Waals surface area contributed by atoms with Gasteiger partial charge in [-0.1, -0.05) is 18.9 Å². The number of benzene rings is 1. The SMILES string of the molecule is O=C(C1CCCC1)N1CCC(Nc2cccc(F)c2[N+](=O)[O-])C1. The normalized spacial score (nSPS) is 21.6. The van der Waals surface area contributed by atoms with Gasteiger partial charge in [0.2, 0.25) is 11.7 Å². The third-order valence-electron chi connectivity index (χ3n) is 4.73. The number of rotatable bonds is 4. The van der Waals surface area contributed by atoms with E-state index in [4.69, 9.17) is 0 Å². The molecule has 1 unspecified atom stereocenters. The van der Waals surface area contributed by atoms with Crippen molar-refractivity contribution in [3.8, 4) is 0 Å². The Morgan fingerprint density at radius 2 is 2.04 bits per heavy atom. The lowest BCUT2D eigenvalue weighted by Crippen LogP contribution is -2.35. The molecule has 6 nitrogen and oxygen atoms in total. The molecular formula is C16H20FN3O3. The third-order valence-corrected chi connectivity index (χ3v) is 4.73. The summed E-state index contributed by atoms with van der Waals surface area (Å²) in [6.45, 7) is 1.17. The average Bonchev–Trinajstić information content (AvgIpc) is 3.17. The van der Waals surface area contributed by atoms with Crippen LogP contribution in [0.25, 0.3) is 0 Å². The van der Waals surface area contributed by atoms with Gasteiger partial charge in [-0.15, -0.1) is 0 Å². The predicted molar refractivity (Wildman–Crippen MR) is 83.6 cm³/mol. The molecular weight excluding hydrogens is 301 g/mol. The van der Waals surface area contributed by atoms with Gasteiger partial charge in [0.15, 0.2) is 0 Å². The number of carbonyl (C=O) groups excluding carboxylic acids is 1. The summed E-state index contributed by atoms with van der Waals surface area (Å²) >= 11 is 0. The topological polar surface area (TPSA) is 75.5 Å². The van der Waals surface area contributed by atoms with Crippen molar-refractivity contribution in [1.29, 1.82) is 0 Å². The van der Waals surface area contributed by atoms with Crippen molar-refractivity contribution in [2.75, 3.05) is 18.4 Å². The molecule has 1 N–H and O–H groups in total. The molecule has 0 spiro atoms. The van der Waals surface area contributed by atoms with Crippen LogP contribution >= 0.6 is 0 Å². The molecule has 3 rings (SSSR count). The number of likely N-dealkylation sites (tertiary alicyclic amines) is 1. The molecule has 2 fully saturated rings. The summed E-state index contributed by atoms with van der Waals surface area (Å²) in [6, 6.07) is 3.94. The number of nitrogens with zero attached hydrogens (tertiary/aromatic N) is 2. The fraction of sp³-hybridized carbons (Fsp3) is 0.562. The number of anilines is 1. The largest absolute Gasteiger partial charge is 0.375 e. The summed E-state index contributed by atoms with van der Waals surface area (Å²) in [6.07, 6.45) is 4.86. The number of nitro benzene ring substituents is 1.